The van der Waals surface area contributed by atoms with Gasteiger partial charge in [-0.25, -0.2) is 9.50 Å². The summed E-state index contributed by atoms with van der Waals surface area (Å²) in [5.41, 5.74) is 4.47. The van der Waals surface area contributed by atoms with Gasteiger partial charge in [0, 0.05) is 23.4 Å². The third-order valence-corrected chi connectivity index (χ3v) is 2.70. The number of hydrogen-bond donors (Lipinski definition) is 0. The number of aromatic nitrogens is 3. The van der Waals surface area contributed by atoms with Gasteiger partial charge in [-0.15, -0.1) is 0 Å². The Morgan fingerprint density at radius 1 is 1.21 bits per heavy atom. The molecule has 1 saturated carbocycles. The highest BCUT2D eigenvalue weighted by molar-refractivity contribution is 5.42. The van der Waals surface area contributed by atoms with Crippen LogP contribution in [0, 0.1) is 13.8 Å². The van der Waals surface area contributed by atoms with Crippen molar-refractivity contribution in [2.24, 2.45) is 0 Å². The molecule has 14 heavy (non-hydrogen) atoms. The van der Waals surface area contributed by atoms with E-state index >= 15 is 0 Å². The second kappa shape index (κ2) is 2.56. The van der Waals surface area contributed by atoms with Crippen LogP contribution < -0.4 is 0 Å². The molecular weight excluding hydrogens is 174 g/mol. The molecule has 3 heteroatoms. The van der Waals surface area contributed by atoms with Crippen LogP contribution in [0.1, 0.15) is 35.8 Å². The lowest BCUT2D eigenvalue weighted by atomic mass is 10.2. The molecule has 2 aromatic heterocycles. The Morgan fingerprint density at radius 2 is 2.00 bits per heavy atom. The van der Waals surface area contributed by atoms with E-state index in [1.54, 1.807) is 0 Å². The van der Waals surface area contributed by atoms with Gasteiger partial charge in [0.15, 0.2) is 5.65 Å². The van der Waals surface area contributed by atoms with Gasteiger partial charge in [-0.05, 0) is 32.8 Å². The maximum Gasteiger partial charge on any atom is 0.155 e. The molecule has 0 N–H and O–H groups in total. The summed E-state index contributed by atoms with van der Waals surface area (Å²) < 4.78 is 2.00. The first-order chi connectivity index (χ1) is 6.74. The van der Waals surface area contributed by atoms with Crippen molar-refractivity contribution in [3.8, 4) is 0 Å². The van der Waals surface area contributed by atoms with Crippen LogP contribution in [-0.2, 0) is 0 Å². The lowest BCUT2D eigenvalue weighted by Crippen LogP contribution is -2.00. The van der Waals surface area contributed by atoms with E-state index in [9.17, 15) is 0 Å². The molecule has 72 valence electrons. The molecule has 2 aromatic rings. The summed E-state index contributed by atoms with van der Waals surface area (Å²) in [6.07, 6.45) is 2.61. The molecule has 0 saturated heterocycles. The third kappa shape index (κ3) is 1.12. The van der Waals surface area contributed by atoms with Crippen molar-refractivity contribution in [1.82, 2.24) is 14.6 Å². The molecular formula is C11H13N3. The molecule has 0 bridgehead atoms. The van der Waals surface area contributed by atoms with Crippen LogP contribution in [0.15, 0.2) is 12.1 Å². The van der Waals surface area contributed by atoms with Crippen LogP contribution in [0.4, 0.5) is 0 Å². The Labute approximate surface area is 82.8 Å². The number of aryl methyl sites for hydroxylation is 2. The lowest BCUT2D eigenvalue weighted by Gasteiger charge is -2.03. The van der Waals surface area contributed by atoms with Gasteiger partial charge in [0.05, 0.1) is 5.69 Å². The molecule has 2 heterocycles. The van der Waals surface area contributed by atoms with Gasteiger partial charge >= 0.3 is 0 Å². The highest BCUT2D eigenvalue weighted by Crippen LogP contribution is 2.40. The van der Waals surface area contributed by atoms with E-state index < -0.39 is 0 Å². The van der Waals surface area contributed by atoms with Crippen molar-refractivity contribution in [3.05, 3.63) is 29.2 Å². The summed E-state index contributed by atoms with van der Waals surface area (Å²) in [6.45, 7) is 4.06. The summed E-state index contributed by atoms with van der Waals surface area (Å²) in [6, 6.07) is 4.20. The van der Waals surface area contributed by atoms with Crippen LogP contribution in [0.2, 0.25) is 0 Å². The molecule has 3 rings (SSSR count). The van der Waals surface area contributed by atoms with Crippen molar-refractivity contribution >= 4 is 5.65 Å². The van der Waals surface area contributed by atoms with Crippen molar-refractivity contribution in [2.45, 2.75) is 32.6 Å². The Bertz CT molecular complexity index is 494. The molecule has 0 radical (unpaired) electrons. The maximum atomic E-state index is 4.47. The van der Waals surface area contributed by atoms with E-state index in [0.717, 1.165) is 23.0 Å². The van der Waals surface area contributed by atoms with Crippen molar-refractivity contribution in [2.75, 3.05) is 0 Å². The number of fused-ring (bicyclic) bond motifs is 1. The highest BCUT2D eigenvalue weighted by Gasteiger charge is 2.27. The van der Waals surface area contributed by atoms with Gasteiger partial charge in [-0.2, -0.15) is 5.10 Å². The van der Waals surface area contributed by atoms with Gasteiger partial charge in [0.2, 0.25) is 0 Å². The van der Waals surface area contributed by atoms with Crippen molar-refractivity contribution in [1.29, 1.82) is 0 Å². The van der Waals surface area contributed by atoms with Gasteiger partial charge in [-0.1, -0.05) is 0 Å². The Balaban J connectivity index is 2.33. The summed E-state index contributed by atoms with van der Waals surface area (Å²) in [5.74, 6) is 0.721. The van der Waals surface area contributed by atoms with Gasteiger partial charge < -0.3 is 0 Å². The standard InChI is InChI=1S/C11H13N3/c1-7-5-10(9-3-4-9)14-11(12-7)6-8(2)13-14/h5-6,9H,3-4H2,1-2H3. The average molecular weight is 187 g/mol. The first kappa shape index (κ1) is 7.97. The van der Waals surface area contributed by atoms with Gasteiger partial charge in [0.1, 0.15) is 0 Å². The zero-order valence-corrected chi connectivity index (χ0v) is 8.49. The normalized spacial score (nSPS) is 16.4. The predicted octanol–water partition coefficient (Wildman–Crippen LogP) is 2.22. The van der Waals surface area contributed by atoms with Crippen LogP contribution >= 0.6 is 0 Å². The minimum atomic E-state index is 0.721. The SMILES string of the molecule is Cc1cc(C2CC2)n2nc(C)cc2n1. The summed E-state index contributed by atoms with van der Waals surface area (Å²) in [5, 5.41) is 4.47. The first-order valence-corrected chi connectivity index (χ1v) is 5.08. The molecule has 0 aromatic carbocycles. The smallest absolute Gasteiger partial charge is 0.155 e. The van der Waals surface area contributed by atoms with Crippen molar-refractivity contribution in [3.63, 3.8) is 0 Å². The second-order valence-corrected chi connectivity index (χ2v) is 4.15. The van der Waals surface area contributed by atoms with Gasteiger partial charge in [-0.3, -0.25) is 0 Å². The fourth-order valence-electron chi connectivity index (χ4n) is 1.91. The highest BCUT2D eigenvalue weighted by atomic mass is 15.3. The average Bonchev–Trinajstić information content (AvgIpc) is 2.87. The van der Waals surface area contributed by atoms with Crippen molar-refractivity contribution < 1.29 is 0 Å². The Morgan fingerprint density at radius 3 is 2.71 bits per heavy atom. The second-order valence-electron chi connectivity index (χ2n) is 4.15. The van der Waals surface area contributed by atoms with Crippen LogP contribution in [0.3, 0.4) is 0 Å². The fraction of sp³-hybridized carbons (Fsp3) is 0.455. The van der Waals surface area contributed by atoms with E-state index in [-0.39, 0.29) is 0 Å². The zero-order valence-electron chi connectivity index (χ0n) is 8.49. The van der Waals surface area contributed by atoms with E-state index in [4.69, 9.17) is 0 Å². The maximum absolute atomic E-state index is 4.47. The molecule has 1 aliphatic rings. The lowest BCUT2D eigenvalue weighted by molar-refractivity contribution is 0.824. The van der Waals surface area contributed by atoms with E-state index in [2.05, 4.69) is 16.1 Å². The zero-order chi connectivity index (χ0) is 9.71. The number of hydrogen-bond acceptors (Lipinski definition) is 2. The Kier molecular flexibility index (Phi) is 1.46. The minimum absolute atomic E-state index is 0.721. The first-order valence-electron chi connectivity index (χ1n) is 5.08. The van der Waals surface area contributed by atoms with E-state index in [1.165, 1.54) is 18.5 Å². The molecule has 0 amide bonds. The summed E-state index contributed by atoms with van der Waals surface area (Å²) >= 11 is 0. The molecule has 0 atom stereocenters. The molecule has 0 spiro atoms. The van der Waals surface area contributed by atoms with Crippen LogP contribution in [0.25, 0.3) is 5.65 Å². The molecule has 1 aliphatic carbocycles. The third-order valence-electron chi connectivity index (χ3n) is 2.70. The summed E-state index contributed by atoms with van der Waals surface area (Å²) in [7, 11) is 0. The minimum Gasteiger partial charge on any atom is -0.234 e. The van der Waals surface area contributed by atoms with E-state index in [0.29, 0.717) is 0 Å². The molecule has 1 fully saturated rings. The molecule has 0 unspecified atom stereocenters. The number of rotatable bonds is 1. The predicted molar refractivity (Wildman–Crippen MR) is 54.4 cm³/mol. The quantitative estimate of drug-likeness (QED) is 0.685. The number of nitrogens with zero attached hydrogens (tertiary/aromatic N) is 3. The van der Waals surface area contributed by atoms with Gasteiger partial charge in [0.25, 0.3) is 0 Å². The topological polar surface area (TPSA) is 30.2 Å². The monoisotopic (exact) mass is 187 g/mol. The van der Waals surface area contributed by atoms with Crippen LogP contribution in [-0.4, -0.2) is 14.6 Å². The van der Waals surface area contributed by atoms with E-state index in [1.807, 2.05) is 24.4 Å². The largest absolute Gasteiger partial charge is 0.234 e. The fourth-order valence-corrected chi connectivity index (χ4v) is 1.91. The summed E-state index contributed by atoms with van der Waals surface area (Å²) in [4.78, 5) is 4.47. The van der Waals surface area contributed by atoms with Crippen LogP contribution in [0.5, 0.6) is 0 Å². The molecule has 3 nitrogen and oxygen atoms in total. The molecule has 0 aliphatic heterocycles. The Hall–Kier alpha value is -1.38.